The Morgan fingerprint density at radius 2 is 1.54 bits per heavy atom. The number of aryl methyl sites for hydroxylation is 1. The Morgan fingerprint density at radius 1 is 1.00 bits per heavy atom. The number of nitrogens with one attached hydrogen (secondary N) is 1. The van der Waals surface area contributed by atoms with Gasteiger partial charge in [0.15, 0.2) is 0 Å². The van der Waals surface area contributed by atoms with Crippen LogP contribution in [0.1, 0.15) is 24.1 Å². The molecule has 130 valence electrons. The average molecular weight is 359 g/mol. The van der Waals surface area contributed by atoms with Gasteiger partial charge in [0, 0.05) is 6.04 Å². The van der Waals surface area contributed by atoms with Crippen molar-refractivity contribution < 1.29 is 26.3 Å². The number of halogens is 3. The highest BCUT2D eigenvalue weighted by Gasteiger charge is 2.31. The van der Waals surface area contributed by atoms with E-state index in [2.05, 4.69) is 9.46 Å². The normalized spacial score (nSPS) is 13.5. The van der Waals surface area contributed by atoms with Gasteiger partial charge in [-0.2, -0.15) is 0 Å². The maximum Gasteiger partial charge on any atom is 0.573 e. The van der Waals surface area contributed by atoms with Crippen LogP contribution >= 0.6 is 0 Å². The molecule has 8 heteroatoms. The molecular weight excluding hydrogens is 343 g/mol. The van der Waals surface area contributed by atoms with Crippen molar-refractivity contribution in [1.29, 1.82) is 0 Å². The number of sulfonamides is 1. The molecule has 1 atom stereocenters. The van der Waals surface area contributed by atoms with Crippen LogP contribution in [0.5, 0.6) is 5.75 Å². The molecule has 0 aromatic heterocycles. The lowest BCUT2D eigenvalue weighted by Gasteiger charge is -2.15. The standard InChI is InChI=1S/C16H16F3NO3S/c1-11-3-5-13(6-4-11)12(2)20-24(21,22)15-9-7-14(8-10-15)23-16(17,18)19/h3-10,12,20H,1-2H3. The minimum atomic E-state index is -4.82. The van der Waals surface area contributed by atoms with E-state index in [9.17, 15) is 21.6 Å². The van der Waals surface area contributed by atoms with Crippen LogP contribution in [0.15, 0.2) is 53.4 Å². The fourth-order valence-electron chi connectivity index (χ4n) is 2.04. The van der Waals surface area contributed by atoms with Crippen molar-refractivity contribution in [3.63, 3.8) is 0 Å². The fourth-order valence-corrected chi connectivity index (χ4v) is 3.28. The highest BCUT2D eigenvalue weighted by atomic mass is 32.2. The van der Waals surface area contributed by atoms with E-state index in [-0.39, 0.29) is 4.90 Å². The zero-order chi connectivity index (χ0) is 18.0. The Balaban J connectivity index is 2.13. The van der Waals surface area contributed by atoms with Gasteiger partial charge >= 0.3 is 6.36 Å². The number of hydrogen-bond acceptors (Lipinski definition) is 3. The smallest absolute Gasteiger partial charge is 0.406 e. The van der Waals surface area contributed by atoms with Gasteiger partial charge in [-0.05, 0) is 43.7 Å². The zero-order valence-corrected chi connectivity index (χ0v) is 13.8. The monoisotopic (exact) mass is 359 g/mol. The zero-order valence-electron chi connectivity index (χ0n) is 13.0. The highest BCUT2D eigenvalue weighted by molar-refractivity contribution is 7.89. The lowest BCUT2D eigenvalue weighted by Crippen LogP contribution is -2.26. The van der Waals surface area contributed by atoms with E-state index < -0.39 is 28.2 Å². The molecular formula is C16H16F3NO3S. The molecule has 1 unspecified atom stereocenters. The number of hydrogen-bond donors (Lipinski definition) is 1. The molecule has 0 fully saturated rings. The molecule has 0 saturated carbocycles. The number of benzene rings is 2. The summed E-state index contributed by atoms with van der Waals surface area (Å²) in [5.41, 5.74) is 1.83. The molecule has 2 aromatic rings. The third kappa shape index (κ3) is 4.97. The highest BCUT2D eigenvalue weighted by Crippen LogP contribution is 2.24. The van der Waals surface area contributed by atoms with Gasteiger partial charge in [0.25, 0.3) is 0 Å². The number of alkyl halides is 3. The van der Waals surface area contributed by atoms with E-state index >= 15 is 0 Å². The van der Waals surface area contributed by atoms with Gasteiger partial charge in [0.1, 0.15) is 5.75 Å². The van der Waals surface area contributed by atoms with Crippen LogP contribution in [0.4, 0.5) is 13.2 Å². The summed E-state index contributed by atoms with van der Waals surface area (Å²) in [7, 11) is -3.87. The molecule has 0 aliphatic carbocycles. The molecule has 0 saturated heterocycles. The molecule has 2 aromatic carbocycles. The lowest BCUT2D eigenvalue weighted by molar-refractivity contribution is -0.274. The fraction of sp³-hybridized carbons (Fsp3) is 0.250. The number of ether oxygens (including phenoxy) is 1. The molecule has 24 heavy (non-hydrogen) atoms. The summed E-state index contributed by atoms with van der Waals surface area (Å²) in [6, 6.07) is 10.9. The average Bonchev–Trinajstić information content (AvgIpc) is 2.46. The van der Waals surface area contributed by atoms with E-state index in [0.717, 1.165) is 35.4 Å². The molecule has 0 bridgehead atoms. The van der Waals surface area contributed by atoms with Crippen LogP contribution in [0.2, 0.25) is 0 Å². The van der Waals surface area contributed by atoms with Crippen molar-refractivity contribution in [1.82, 2.24) is 4.72 Å². The maximum atomic E-state index is 12.3. The van der Waals surface area contributed by atoms with Crippen LogP contribution in [0, 0.1) is 6.92 Å². The summed E-state index contributed by atoms with van der Waals surface area (Å²) in [5, 5.41) is 0. The van der Waals surface area contributed by atoms with E-state index in [0.29, 0.717) is 0 Å². The third-order valence-electron chi connectivity index (χ3n) is 3.28. The van der Waals surface area contributed by atoms with Gasteiger partial charge in [-0.3, -0.25) is 0 Å². The van der Waals surface area contributed by atoms with Crippen molar-refractivity contribution in [2.75, 3.05) is 0 Å². The van der Waals surface area contributed by atoms with Gasteiger partial charge in [0.05, 0.1) is 4.90 Å². The lowest BCUT2D eigenvalue weighted by atomic mass is 10.1. The van der Waals surface area contributed by atoms with Crippen LogP contribution < -0.4 is 9.46 Å². The van der Waals surface area contributed by atoms with E-state index in [1.807, 2.05) is 31.2 Å². The molecule has 0 spiro atoms. The van der Waals surface area contributed by atoms with Crippen LogP contribution in [-0.2, 0) is 10.0 Å². The summed E-state index contributed by atoms with van der Waals surface area (Å²) in [4.78, 5) is -0.143. The minimum Gasteiger partial charge on any atom is -0.406 e. The first-order valence-electron chi connectivity index (χ1n) is 7.01. The van der Waals surface area contributed by atoms with E-state index in [1.165, 1.54) is 0 Å². The van der Waals surface area contributed by atoms with Crippen molar-refractivity contribution in [3.05, 3.63) is 59.7 Å². The second kappa shape index (κ2) is 6.82. The summed E-state index contributed by atoms with van der Waals surface area (Å²) in [5.74, 6) is -0.479. The third-order valence-corrected chi connectivity index (χ3v) is 4.83. The van der Waals surface area contributed by atoms with Crippen LogP contribution in [-0.4, -0.2) is 14.8 Å². The van der Waals surface area contributed by atoms with Crippen LogP contribution in [0.3, 0.4) is 0 Å². The Bertz CT molecular complexity index is 785. The summed E-state index contributed by atoms with van der Waals surface area (Å²) >= 11 is 0. The summed E-state index contributed by atoms with van der Waals surface area (Å²) in [6.07, 6.45) is -4.82. The molecule has 0 amide bonds. The molecule has 0 aliphatic heterocycles. The van der Waals surface area contributed by atoms with Gasteiger partial charge in [-0.15, -0.1) is 13.2 Å². The maximum absolute atomic E-state index is 12.3. The van der Waals surface area contributed by atoms with E-state index in [1.54, 1.807) is 6.92 Å². The Labute approximate surface area is 138 Å². The SMILES string of the molecule is Cc1ccc(C(C)NS(=O)(=O)c2ccc(OC(F)(F)F)cc2)cc1. The van der Waals surface area contributed by atoms with Gasteiger partial charge in [-0.1, -0.05) is 29.8 Å². The minimum absolute atomic E-state index is 0.143. The molecule has 0 heterocycles. The summed E-state index contributed by atoms with van der Waals surface area (Å²) < 4.78 is 67.1. The molecule has 0 aliphatic rings. The van der Waals surface area contributed by atoms with Crippen molar-refractivity contribution in [3.8, 4) is 5.75 Å². The molecule has 2 rings (SSSR count). The van der Waals surface area contributed by atoms with Crippen molar-refractivity contribution in [2.45, 2.75) is 31.1 Å². The molecule has 0 radical (unpaired) electrons. The van der Waals surface area contributed by atoms with Crippen LogP contribution in [0.25, 0.3) is 0 Å². The Hall–Kier alpha value is -2.06. The van der Waals surface area contributed by atoms with E-state index in [4.69, 9.17) is 0 Å². The Kier molecular flexibility index (Phi) is 5.19. The first kappa shape index (κ1) is 18.3. The predicted octanol–water partition coefficient (Wildman–Crippen LogP) is 3.93. The Morgan fingerprint density at radius 3 is 2.04 bits per heavy atom. The first-order chi connectivity index (χ1) is 11.1. The molecule has 1 N–H and O–H groups in total. The van der Waals surface area contributed by atoms with Gasteiger partial charge in [-0.25, -0.2) is 13.1 Å². The largest absolute Gasteiger partial charge is 0.573 e. The van der Waals surface area contributed by atoms with Gasteiger partial charge in [0.2, 0.25) is 10.0 Å². The van der Waals surface area contributed by atoms with Crippen molar-refractivity contribution in [2.24, 2.45) is 0 Å². The topological polar surface area (TPSA) is 55.4 Å². The molecule has 4 nitrogen and oxygen atoms in total. The van der Waals surface area contributed by atoms with Crippen molar-refractivity contribution >= 4 is 10.0 Å². The number of rotatable bonds is 5. The first-order valence-corrected chi connectivity index (χ1v) is 8.50. The summed E-state index contributed by atoms with van der Waals surface area (Å²) in [6.45, 7) is 3.60. The van der Waals surface area contributed by atoms with Gasteiger partial charge < -0.3 is 4.74 Å². The predicted molar refractivity (Wildman–Crippen MR) is 83.0 cm³/mol. The second-order valence-corrected chi connectivity index (χ2v) is 6.99. The quantitative estimate of drug-likeness (QED) is 0.880. The second-order valence-electron chi connectivity index (χ2n) is 5.27.